The number of carbonyl (C=O) groups is 1. The molecule has 0 fully saturated rings. The molecule has 0 aliphatic carbocycles. The third-order valence-electron chi connectivity index (χ3n) is 2.36. The summed E-state index contributed by atoms with van der Waals surface area (Å²) in [5.74, 6) is 0.302. The number of carbonyl (C=O) groups excluding carboxylic acids is 1. The Hall–Kier alpha value is -1.18. The van der Waals surface area contributed by atoms with Gasteiger partial charge in [-0.2, -0.15) is 0 Å². The third-order valence-corrected chi connectivity index (χ3v) is 2.36. The van der Waals surface area contributed by atoms with Gasteiger partial charge in [-0.1, -0.05) is 13.8 Å². The Labute approximate surface area is 79.0 Å². The largest absolute Gasteiger partial charge is 0.294 e. The Balaban J connectivity index is 2.95. The van der Waals surface area contributed by atoms with Crippen molar-refractivity contribution < 1.29 is 4.79 Å². The number of rotatable bonds is 3. The Kier molecular flexibility index (Phi) is 3.18. The highest BCUT2D eigenvalue weighted by Gasteiger charge is 2.14. The minimum atomic E-state index is 0.0999. The van der Waals surface area contributed by atoms with Crippen LogP contribution in [0, 0.1) is 12.8 Å². The lowest BCUT2D eigenvalue weighted by Gasteiger charge is -2.08. The molecule has 1 aromatic rings. The van der Waals surface area contributed by atoms with Gasteiger partial charge >= 0.3 is 0 Å². The molecule has 1 aromatic heterocycles. The van der Waals surface area contributed by atoms with Crippen LogP contribution in [0.1, 0.15) is 36.2 Å². The molecule has 0 aliphatic rings. The van der Waals surface area contributed by atoms with Gasteiger partial charge in [-0.05, 0) is 25.0 Å². The summed E-state index contributed by atoms with van der Waals surface area (Å²) >= 11 is 0. The number of aryl methyl sites for hydroxylation is 1. The van der Waals surface area contributed by atoms with Gasteiger partial charge in [0.25, 0.3) is 0 Å². The number of ketones is 1. The number of hydrogen-bond acceptors (Lipinski definition) is 2. The molecule has 1 heterocycles. The quantitative estimate of drug-likeness (QED) is 0.664. The zero-order chi connectivity index (χ0) is 9.84. The highest BCUT2D eigenvalue weighted by molar-refractivity contribution is 5.98. The van der Waals surface area contributed by atoms with Crippen LogP contribution < -0.4 is 0 Å². The lowest BCUT2D eigenvalue weighted by Crippen LogP contribution is -2.11. The molecule has 0 saturated carbocycles. The number of pyridine rings is 1. The first-order valence-electron chi connectivity index (χ1n) is 4.61. The van der Waals surface area contributed by atoms with E-state index in [1.807, 2.05) is 26.8 Å². The van der Waals surface area contributed by atoms with Crippen molar-refractivity contribution in [3.8, 4) is 0 Å². The molecule has 0 aromatic carbocycles. The Morgan fingerprint density at radius 1 is 1.62 bits per heavy atom. The molecule has 1 unspecified atom stereocenters. The number of hydrogen-bond donors (Lipinski definition) is 0. The van der Waals surface area contributed by atoms with Crippen molar-refractivity contribution in [2.75, 3.05) is 0 Å². The van der Waals surface area contributed by atoms with Crippen LogP contribution in [0.25, 0.3) is 0 Å². The van der Waals surface area contributed by atoms with Crippen molar-refractivity contribution in [1.82, 2.24) is 4.98 Å². The summed E-state index contributed by atoms with van der Waals surface area (Å²) in [4.78, 5) is 15.7. The molecule has 1 rings (SSSR count). The molecule has 2 nitrogen and oxygen atoms in total. The maximum Gasteiger partial charge on any atom is 0.167 e. The zero-order valence-electron chi connectivity index (χ0n) is 8.37. The van der Waals surface area contributed by atoms with Crippen LogP contribution in [0.2, 0.25) is 0 Å². The van der Waals surface area contributed by atoms with Crippen molar-refractivity contribution in [3.05, 3.63) is 29.6 Å². The number of Topliss-reactive ketones (excluding diaryl/α,β-unsaturated/α-hetero) is 1. The summed E-state index contributed by atoms with van der Waals surface area (Å²) in [5.41, 5.74) is 1.78. The van der Waals surface area contributed by atoms with Crippen LogP contribution in [0.5, 0.6) is 0 Å². The monoisotopic (exact) mass is 177 g/mol. The second kappa shape index (κ2) is 4.17. The van der Waals surface area contributed by atoms with Gasteiger partial charge in [0, 0.05) is 23.9 Å². The highest BCUT2D eigenvalue weighted by Crippen LogP contribution is 2.13. The van der Waals surface area contributed by atoms with Crippen molar-refractivity contribution in [3.63, 3.8) is 0 Å². The maximum absolute atomic E-state index is 11.8. The summed E-state index contributed by atoms with van der Waals surface area (Å²) in [6, 6.07) is 1.87. The van der Waals surface area contributed by atoms with Crippen LogP contribution in [-0.4, -0.2) is 10.8 Å². The smallest absolute Gasteiger partial charge is 0.167 e. The molecule has 2 heteroatoms. The second-order valence-electron chi connectivity index (χ2n) is 3.36. The molecule has 0 saturated heterocycles. The SMILES string of the molecule is CCC(C)C(=O)c1cnccc1C. The van der Waals surface area contributed by atoms with E-state index in [4.69, 9.17) is 0 Å². The fourth-order valence-corrected chi connectivity index (χ4v) is 1.17. The van der Waals surface area contributed by atoms with Crippen LogP contribution in [-0.2, 0) is 0 Å². The predicted octanol–water partition coefficient (Wildman–Crippen LogP) is 2.62. The van der Waals surface area contributed by atoms with E-state index in [1.54, 1.807) is 12.4 Å². The Bertz CT molecular complexity index is 307. The zero-order valence-corrected chi connectivity index (χ0v) is 8.37. The van der Waals surface area contributed by atoms with Gasteiger partial charge in [0.15, 0.2) is 5.78 Å². The highest BCUT2D eigenvalue weighted by atomic mass is 16.1. The van der Waals surface area contributed by atoms with Crippen molar-refractivity contribution in [1.29, 1.82) is 0 Å². The van der Waals surface area contributed by atoms with E-state index in [2.05, 4.69) is 4.98 Å². The fourth-order valence-electron chi connectivity index (χ4n) is 1.17. The number of nitrogens with zero attached hydrogens (tertiary/aromatic N) is 1. The van der Waals surface area contributed by atoms with Crippen LogP contribution in [0.15, 0.2) is 18.5 Å². The maximum atomic E-state index is 11.8. The van der Waals surface area contributed by atoms with Gasteiger partial charge in [-0.25, -0.2) is 0 Å². The fraction of sp³-hybridized carbons (Fsp3) is 0.455. The first-order valence-corrected chi connectivity index (χ1v) is 4.61. The van der Waals surface area contributed by atoms with Gasteiger partial charge in [0.1, 0.15) is 0 Å². The molecule has 0 N–H and O–H groups in total. The van der Waals surface area contributed by atoms with Crippen LogP contribution in [0.3, 0.4) is 0 Å². The van der Waals surface area contributed by atoms with E-state index in [-0.39, 0.29) is 11.7 Å². The van der Waals surface area contributed by atoms with Gasteiger partial charge in [-0.15, -0.1) is 0 Å². The minimum absolute atomic E-state index is 0.0999. The van der Waals surface area contributed by atoms with Crippen molar-refractivity contribution in [2.45, 2.75) is 27.2 Å². The van der Waals surface area contributed by atoms with Crippen molar-refractivity contribution in [2.24, 2.45) is 5.92 Å². The minimum Gasteiger partial charge on any atom is -0.294 e. The van der Waals surface area contributed by atoms with Gasteiger partial charge in [0.05, 0.1) is 0 Å². The lowest BCUT2D eigenvalue weighted by atomic mass is 9.96. The average Bonchev–Trinajstić information content (AvgIpc) is 2.16. The van der Waals surface area contributed by atoms with E-state index in [1.165, 1.54) is 0 Å². The summed E-state index contributed by atoms with van der Waals surface area (Å²) in [6.07, 6.45) is 4.25. The first kappa shape index (κ1) is 9.90. The molecule has 0 radical (unpaired) electrons. The lowest BCUT2D eigenvalue weighted by molar-refractivity contribution is 0.0926. The predicted molar refractivity (Wildman–Crippen MR) is 52.8 cm³/mol. The summed E-state index contributed by atoms with van der Waals surface area (Å²) in [6.45, 7) is 5.92. The Morgan fingerprint density at radius 2 is 2.31 bits per heavy atom. The van der Waals surface area contributed by atoms with Crippen molar-refractivity contribution >= 4 is 5.78 Å². The normalized spacial score (nSPS) is 12.5. The van der Waals surface area contributed by atoms with Crippen LogP contribution >= 0.6 is 0 Å². The molecular weight excluding hydrogens is 162 g/mol. The van der Waals surface area contributed by atoms with E-state index in [9.17, 15) is 4.79 Å². The van der Waals surface area contributed by atoms with Crippen LogP contribution in [0.4, 0.5) is 0 Å². The molecule has 0 spiro atoms. The molecule has 13 heavy (non-hydrogen) atoms. The standard InChI is InChI=1S/C11H15NO/c1-4-8(2)11(13)10-7-12-6-5-9(10)3/h5-8H,4H2,1-3H3. The third kappa shape index (κ3) is 2.14. The molecule has 0 aliphatic heterocycles. The summed E-state index contributed by atoms with van der Waals surface area (Å²) in [7, 11) is 0. The molecule has 0 amide bonds. The molecule has 70 valence electrons. The number of aromatic nitrogens is 1. The summed E-state index contributed by atoms with van der Waals surface area (Å²) in [5, 5.41) is 0. The van der Waals surface area contributed by atoms with Gasteiger partial charge in [-0.3, -0.25) is 9.78 Å². The summed E-state index contributed by atoms with van der Waals surface area (Å²) < 4.78 is 0. The van der Waals surface area contributed by atoms with E-state index < -0.39 is 0 Å². The topological polar surface area (TPSA) is 30.0 Å². The van der Waals surface area contributed by atoms with E-state index in [0.717, 1.165) is 17.5 Å². The Morgan fingerprint density at radius 3 is 2.85 bits per heavy atom. The average molecular weight is 177 g/mol. The molecule has 0 bridgehead atoms. The molecular formula is C11H15NO. The van der Waals surface area contributed by atoms with E-state index >= 15 is 0 Å². The molecule has 1 atom stereocenters. The van der Waals surface area contributed by atoms with Gasteiger partial charge in [0.2, 0.25) is 0 Å². The van der Waals surface area contributed by atoms with Gasteiger partial charge < -0.3 is 0 Å². The van der Waals surface area contributed by atoms with E-state index in [0.29, 0.717) is 0 Å². The first-order chi connectivity index (χ1) is 6.16. The second-order valence-corrected chi connectivity index (χ2v) is 3.36.